The van der Waals surface area contributed by atoms with Gasteiger partial charge in [0.05, 0.1) is 0 Å². The lowest BCUT2D eigenvalue weighted by atomic mass is 10.0. The third kappa shape index (κ3) is 11.5. The average molecular weight is 437 g/mol. The number of hydrogen-bond acceptors (Lipinski definition) is 5. The van der Waals surface area contributed by atoms with Crippen molar-refractivity contribution in [2.45, 2.75) is 58.2 Å². The Hall–Kier alpha value is -3.30. The zero-order valence-corrected chi connectivity index (χ0v) is 17.8. The molecule has 0 unspecified atom stereocenters. The van der Waals surface area contributed by atoms with E-state index in [4.69, 9.17) is 9.84 Å². The Labute approximate surface area is 181 Å². The van der Waals surface area contributed by atoms with Gasteiger partial charge in [0.2, 0.25) is 0 Å². The van der Waals surface area contributed by atoms with Crippen LogP contribution in [0.4, 0.5) is 9.59 Å². The number of amides is 3. The first kappa shape index (κ1) is 25.7. The Morgan fingerprint density at radius 2 is 1.55 bits per heavy atom. The summed E-state index contributed by atoms with van der Waals surface area (Å²) in [6.45, 7) is 4.09. The van der Waals surface area contributed by atoms with Gasteiger partial charge in [-0.05, 0) is 37.2 Å². The summed E-state index contributed by atoms with van der Waals surface area (Å²) in [7, 11) is 0. The maximum Gasteiger partial charge on any atom is 0.407 e. The van der Waals surface area contributed by atoms with Gasteiger partial charge in [0.1, 0.15) is 18.7 Å². The monoisotopic (exact) mass is 437 g/mol. The smallest absolute Gasteiger partial charge is 0.407 e. The van der Waals surface area contributed by atoms with Gasteiger partial charge >= 0.3 is 24.1 Å². The number of carboxylic acid groups (broad SMARTS) is 2. The second kappa shape index (κ2) is 13.8. The van der Waals surface area contributed by atoms with Crippen molar-refractivity contribution in [3.05, 3.63) is 35.9 Å². The van der Waals surface area contributed by atoms with Gasteiger partial charge < -0.3 is 30.9 Å². The summed E-state index contributed by atoms with van der Waals surface area (Å²) >= 11 is 0. The maximum atomic E-state index is 12.0. The fraction of sp³-hybridized carbons (Fsp3) is 0.524. The number of aliphatic carboxylic acids is 2. The van der Waals surface area contributed by atoms with Crippen molar-refractivity contribution in [3.63, 3.8) is 0 Å². The molecule has 31 heavy (non-hydrogen) atoms. The SMILES string of the molecule is CC(C)C[C@H](NC(=O)N[C@@H](CCCCNC(=O)OCc1ccccc1)C(=O)O)C(=O)O. The molecular formula is C21H31N3O7. The highest BCUT2D eigenvalue weighted by Crippen LogP contribution is 2.06. The van der Waals surface area contributed by atoms with Crippen LogP contribution in [-0.4, -0.2) is 52.9 Å². The molecule has 10 heteroatoms. The maximum absolute atomic E-state index is 12.0. The van der Waals surface area contributed by atoms with E-state index in [0.29, 0.717) is 19.4 Å². The van der Waals surface area contributed by atoms with E-state index in [1.165, 1.54) is 0 Å². The summed E-state index contributed by atoms with van der Waals surface area (Å²) in [6.07, 6.45) is 0.696. The number of nitrogens with one attached hydrogen (secondary N) is 3. The number of carbonyl (C=O) groups excluding carboxylic acids is 2. The molecule has 0 fully saturated rings. The highest BCUT2D eigenvalue weighted by atomic mass is 16.5. The number of rotatable bonds is 13. The molecule has 1 rings (SSSR count). The number of carbonyl (C=O) groups is 4. The molecule has 0 aromatic heterocycles. The molecule has 0 bridgehead atoms. The molecule has 0 saturated heterocycles. The number of carboxylic acids is 2. The number of urea groups is 1. The predicted octanol–water partition coefficient (Wildman–Crippen LogP) is 2.33. The highest BCUT2D eigenvalue weighted by molar-refractivity contribution is 5.86. The summed E-state index contributed by atoms with van der Waals surface area (Å²) in [5.41, 5.74) is 0.866. The van der Waals surface area contributed by atoms with Gasteiger partial charge in [-0.3, -0.25) is 0 Å². The van der Waals surface area contributed by atoms with Gasteiger partial charge in [-0.2, -0.15) is 0 Å². The third-order valence-corrected chi connectivity index (χ3v) is 4.32. The fourth-order valence-corrected chi connectivity index (χ4v) is 2.75. The lowest BCUT2D eigenvalue weighted by Crippen LogP contribution is -2.51. The average Bonchev–Trinajstić information content (AvgIpc) is 2.70. The highest BCUT2D eigenvalue weighted by Gasteiger charge is 2.24. The van der Waals surface area contributed by atoms with E-state index in [1.54, 1.807) is 0 Å². The second-order valence-corrected chi connectivity index (χ2v) is 7.51. The summed E-state index contributed by atoms with van der Waals surface area (Å²) in [4.78, 5) is 46.2. The first-order valence-electron chi connectivity index (χ1n) is 10.2. The van der Waals surface area contributed by atoms with Crippen molar-refractivity contribution < 1.29 is 34.1 Å². The van der Waals surface area contributed by atoms with Gasteiger partial charge in [-0.1, -0.05) is 44.2 Å². The van der Waals surface area contributed by atoms with Crippen molar-refractivity contribution >= 4 is 24.1 Å². The molecular weight excluding hydrogens is 406 g/mol. The number of benzene rings is 1. The van der Waals surface area contributed by atoms with E-state index in [9.17, 15) is 24.3 Å². The topological polar surface area (TPSA) is 154 Å². The van der Waals surface area contributed by atoms with E-state index < -0.39 is 36.1 Å². The van der Waals surface area contributed by atoms with Crippen molar-refractivity contribution in [2.24, 2.45) is 5.92 Å². The van der Waals surface area contributed by atoms with Crippen LogP contribution < -0.4 is 16.0 Å². The molecule has 0 saturated carbocycles. The lowest BCUT2D eigenvalue weighted by molar-refractivity contribution is -0.139. The van der Waals surface area contributed by atoms with Gasteiger partial charge in [0.15, 0.2) is 0 Å². The Balaban J connectivity index is 2.30. The van der Waals surface area contributed by atoms with Crippen LogP contribution in [0.2, 0.25) is 0 Å². The van der Waals surface area contributed by atoms with Crippen LogP contribution in [0, 0.1) is 5.92 Å². The predicted molar refractivity (Wildman–Crippen MR) is 112 cm³/mol. The van der Waals surface area contributed by atoms with E-state index in [2.05, 4.69) is 16.0 Å². The van der Waals surface area contributed by atoms with Crippen molar-refractivity contribution in [1.82, 2.24) is 16.0 Å². The van der Waals surface area contributed by atoms with Crippen LogP contribution in [-0.2, 0) is 20.9 Å². The van der Waals surface area contributed by atoms with Crippen molar-refractivity contribution in [2.75, 3.05) is 6.54 Å². The Kier molecular flexibility index (Phi) is 11.5. The zero-order valence-electron chi connectivity index (χ0n) is 17.8. The molecule has 0 spiro atoms. The van der Waals surface area contributed by atoms with Crippen LogP contribution >= 0.6 is 0 Å². The van der Waals surface area contributed by atoms with Crippen molar-refractivity contribution in [1.29, 1.82) is 0 Å². The first-order valence-corrected chi connectivity index (χ1v) is 10.2. The molecule has 0 heterocycles. The van der Waals surface area contributed by atoms with E-state index in [-0.39, 0.29) is 25.4 Å². The molecule has 3 amide bonds. The minimum atomic E-state index is -1.22. The zero-order chi connectivity index (χ0) is 23.2. The standard InChI is InChI=1S/C21H31N3O7/c1-14(2)12-17(19(27)28)24-20(29)23-16(18(25)26)10-6-7-11-22-21(30)31-13-15-8-4-3-5-9-15/h3-5,8-9,14,16-17H,6-7,10-13H2,1-2H3,(H,22,30)(H,25,26)(H,27,28)(H2,23,24,29)/t16-,17-/m0/s1. The van der Waals surface area contributed by atoms with Gasteiger partial charge in [0.25, 0.3) is 0 Å². The van der Waals surface area contributed by atoms with Crippen LogP contribution in [0.25, 0.3) is 0 Å². The number of ether oxygens (including phenoxy) is 1. The normalized spacial score (nSPS) is 12.5. The Morgan fingerprint density at radius 1 is 0.935 bits per heavy atom. The second-order valence-electron chi connectivity index (χ2n) is 7.51. The molecule has 10 nitrogen and oxygen atoms in total. The van der Waals surface area contributed by atoms with E-state index >= 15 is 0 Å². The molecule has 0 aliphatic heterocycles. The van der Waals surface area contributed by atoms with Crippen LogP contribution in [0.5, 0.6) is 0 Å². The molecule has 0 aliphatic carbocycles. The van der Waals surface area contributed by atoms with Gasteiger partial charge in [0, 0.05) is 6.54 Å². The molecule has 1 aromatic carbocycles. The first-order chi connectivity index (χ1) is 14.7. The van der Waals surface area contributed by atoms with Gasteiger partial charge in [-0.25, -0.2) is 19.2 Å². The summed E-state index contributed by atoms with van der Waals surface area (Å²) in [6, 6.07) is 6.12. The minimum absolute atomic E-state index is 0.0450. The van der Waals surface area contributed by atoms with Crippen LogP contribution in [0.3, 0.4) is 0 Å². The minimum Gasteiger partial charge on any atom is -0.480 e. The molecule has 5 N–H and O–H groups in total. The van der Waals surface area contributed by atoms with Gasteiger partial charge in [-0.15, -0.1) is 0 Å². The fourth-order valence-electron chi connectivity index (χ4n) is 2.75. The van der Waals surface area contributed by atoms with E-state index in [1.807, 2.05) is 44.2 Å². The molecule has 1 aromatic rings. The van der Waals surface area contributed by atoms with Crippen molar-refractivity contribution in [3.8, 4) is 0 Å². The summed E-state index contributed by atoms with van der Waals surface area (Å²) in [5.74, 6) is -2.36. The quantitative estimate of drug-likeness (QED) is 0.297. The van der Waals surface area contributed by atoms with E-state index in [0.717, 1.165) is 5.56 Å². The molecule has 0 radical (unpaired) electrons. The largest absolute Gasteiger partial charge is 0.480 e. The summed E-state index contributed by atoms with van der Waals surface area (Å²) in [5, 5.41) is 25.6. The van der Waals surface area contributed by atoms with Crippen LogP contribution in [0.15, 0.2) is 30.3 Å². The molecule has 2 atom stereocenters. The lowest BCUT2D eigenvalue weighted by Gasteiger charge is -2.19. The molecule has 0 aliphatic rings. The number of alkyl carbamates (subject to hydrolysis) is 1. The summed E-state index contributed by atoms with van der Waals surface area (Å²) < 4.78 is 5.07. The number of hydrogen-bond donors (Lipinski definition) is 5. The molecule has 172 valence electrons. The number of unbranched alkanes of at least 4 members (excludes halogenated alkanes) is 1. The Morgan fingerprint density at radius 3 is 2.13 bits per heavy atom. The third-order valence-electron chi connectivity index (χ3n) is 4.32. The Bertz CT molecular complexity index is 725. The van der Waals surface area contributed by atoms with Crippen LogP contribution in [0.1, 0.15) is 45.1 Å².